The number of benzene rings is 1. The Morgan fingerprint density at radius 2 is 2.26 bits per heavy atom. The molecule has 0 bridgehead atoms. The lowest BCUT2D eigenvalue weighted by molar-refractivity contribution is 0.0951. The van der Waals surface area contributed by atoms with Gasteiger partial charge in [0.15, 0.2) is 5.82 Å². The third-order valence-electron chi connectivity index (χ3n) is 3.68. The zero-order valence-electron chi connectivity index (χ0n) is 13.0. The van der Waals surface area contributed by atoms with E-state index in [2.05, 4.69) is 20.5 Å². The minimum Gasteiger partial charge on any atom is -0.385 e. The first kappa shape index (κ1) is 15.2. The molecule has 3 rings (SSSR count). The number of para-hydroxylation sites is 1. The number of nitrogens with one attached hydrogen (secondary N) is 2. The number of H-pyrrole nitrogens is 1. The number of hydrogen-bond donors (Lipinski definition) is 2. The third-order valence-corrected chi connectivity index (χ3v) is 3.68. The molecule has 1 aromatic carbocycles. The normalized spacial score (nSPS) is 11.0. The second kappa shape index (κ2) is 7.06. The summed E-state index contributed by atoms with van der Waals surface area (Å²) in [6, 6.07) is 7.72. The third kappa shape index (κ3) is 3.40. The molecule has 23 heavy (non-hydrogen) atoms. The molecule has 0 unspecified atom stereocenters. The number of carbonyl (C=O) groups excluding carboxylic acids is 1. The van der Waals surface area contributed by atoms with Crippen LogP contribution in [-0.2, 0) is 17.8 Å². The molecule has 0 fully saturated rings. The fourth-order valence-electron chi connectivity index (χ4n) is 2.50. The second-order valence-corrected chi connectivity index (χ2v) is 5.22. The number of amides is 1. The van der Waals surface area contributed by atoms with Gasteiger partial charge in [-0.2, -0.15) is 0 Å². The first-order valence-electron chi connectivity index (χ1n) is 7.49. The highest BCUT2D eigenvalue weighted by Gasteiger charge is 2.12. The number of ether oxygens (including phenoxy) is 1. The summed E-state index contributed by atoms with van der Waals surface area (Å²) in [4.78, 5) is 15.5. The Labute approximate surface area is 133 Å². The molecule has 0 radical (unpaired) electrons. The van der Waals surface area contributed by atoms with E-state index >= 15 is 0 Å². The summed E-state index contributed by atoms with van der Waals surface area (Å²) >= 11 is 0. The minimum absolute atomic E-state index is 0.131. The SMILES string of the molecule is COCCCn1cnnc1CNC(=O)c1c[nH]c2ccccc12. The molecule has 1 amide bonds. The quantitative estimate of drug-likeness (QED) is 0.651. The average molecular weight is 313 g/mol. The fraction of sp³-hybridized carbons (Fsp3) is 0.312. The van der Waals surface area contributed by atoms with Crippen LogP contribution in [0.5, 0.6) is 0 Å². The van der Waals surface area contributed by atoms with E-state index in [-0.39, 0.29) is 5.91 Å². The first-order chi connectivity index (χ1) is 11.3. The van der Waals surface area contributed by atoms with Crippen molar-refractivity contribution in [2.45, 2.75) is 19.5 Å². The monoisotopic (exact) mass is 313 g/mol. The number of carbonyl (C=O) groups is 1. The molecule has 0 aliphatic carbocycles. The second-order valence-electron chi connectivity index (χ2n) is 5.22. The van der Waals surface area contributed by atoms with E-state index in [1.165, 1.54) is 0 Å². The van der Waals surface area contributed by atoms with Crippen LogP contribution in [0.3, 0.4) is 0 Å². The number of rotatable bonds is 7. The Morgan fingerprint density at radius 1 is 1.39 bits per heavy atom. The highest BCUT2D eigenvalue weighted by molar-refractivity contribution is 6.06. The molecule has 7 nitrogen and oxygen atoms in total. The van der Waals surface area contributed by atoms with Gasteiger partial charge in [-0.15, -0.1) is 10.2 Å². The van der Waals surface area contributed by atoms with Crippen molar-refractivity contribution in [2.24, 2.45) is 0 Å². The maximum atomic E-state index is 12.4. The van der Waals surface area contributed by atoms with E-state index in [9.17, 15) is 4.79 Å². The van der Waals surface area contributed by atoms with Crippen molar-refractivity contribution in [3.05, 3.63) is 48.2 Å². The lowest BCUT2D eigenvalue weighted by atomic mass is 10.1. The van der Waals surface area contributed by atoms with Crippen LogP contribution in [0.25, 0.3) is 10.9 Å². The first-order valence-corrected chi connectivity index (χ1v) is 7.49. The predicted molar refractivity (Wildman–Crippen MR) is 86.0 cm³/mol. The van der Waals surface area contributed by atoms with Gasteiger partial charge in [0.1, 0.15) is 6.33 Å². The van der Waals surface area contributed by atoms with Gasteiger partial charge >= 0.3 is 0 Å². The number of aromatic nitrogens is 4. The Hall–Kier alpha value is -2.67. The van der Waals surface area contributed by atoms with Crippen LogP contribution in [0.15, 0.2) is 36.8 Å². The molecule has 7 heteroatoms. The summed E-state index contributed by atoms with van der Waals surface area (Å²) in [5.41, 5.74) is 1.58. The largest absolute Gasteiger partial charge is 0.385 e. The van der Waals surface area contributed by atoms with Crippen LogP contribution < -0.4 is 5.32 Å². The van der Waals surface area contributed by atoms with E-state index in [4.69, 9.17) is 4.74 Å². The van der Waals surface area contributed by atoms with Gasteiger partial charge in [0.25, 0.3) is 5.91 Å². The van der Waals surface area contributed by atoms with Crippen molar-refractivity contribution < 1.29 is 9.53 Å². The maximum absolute atomic E-state index is 12.4. The molecular formula is C16H19N5O2. The summed E-state index contributed by atoms with van der Waals surface area (Å²) in [5.74, 6) is 0.600. The minimum atomic E-state index is -0.131. The van der Waals surface area contributed by atoms with Crippen LogP contribution in [0.2, 0.25) is 0 Å². The zero-order valence-corrected chi connectivity index (χ0v) is 13.0. The smallest absolute Gasteiger partial charge is 0.253 e. The van der Waals surface area contributed by atoms with Crippen LogP contribution in [0, 0.1) is 0 Å². The fourth-order valence-corrected chi connectivity index (χ4v) is 2.50. The summed E-state index contributed by atoms with van der Waals surface area (Å²) in [5, 5.41) is 11.8. The summed E-state index contributed by atoms with van der Waals surface area (Å²) < 4.78 is 6.97. The molecule has 2 N–H and O–H groups in total. The number of aromatic amines is 1. The standard InChI is InChI=1S/C16H19N5O2/c1-23-8-4-7-21-11-19-20-15(21)10-18-16(22)13-9-17-14-6-3-2-5-12(13)14/h2-3,5-6,9,11,17H,4,7-8,10H2,1H3,(H,18,22). The lowest BCUT2D eigenvalue weighted by Crippen LogP contribution is -2.24. The van der Waals surface area contributed by atoms with Gasteiger partial charge in [0.05, 0.1) is 12.1 Å². The molecule has 0 atom stereocenters. The van der Waals surface area contributed by atoms with Crippen LogP contribution in [0.1, 0.15) is 22.6 Å². The molecule has 0 aliphatic heterocycles. The molecule has 120 valence electrons. The summed E-state index contributed by atoms with van der Waals surface area (Å²) in [6.45, 7) is 1.78. The van der Waals surface area contributed by atoms with Crippen molar-refractivity contribution in [1.29, 1.82) is 0 Å². The number of hydrogen-bond acceptors (Lipinski definition) is 4. The molecule has 0 saturated carbocycles. The number of nitrogens with zero attached hydrogens (tertiary/aromatic N) is 3. The molecule has 2 aromatic heterocycles. The zero-order chi connectivity index (χ0) is 16.1. The molecular weight excluding hydrogens is 294 g/mol. The van der Waals surface area contributed by atoms with Crippen molar-refractivity contribution in [3.8, 4) is 0 Å². The van der Waals surface area contributed by atoms with Gasteiger partial charge in [-0.1, -0.05) is 18.2 Å². The molecule has 3 aromatic rings. The van der Waals surface area contributed by atoms with E-state index in [0.29, 0.717) is 18.7 Å². The van der Waals surface area contributed by atoms with Gasteiger partial charge in [-0.25, -0.2) is 0 Å². The summed E-state index contributed by atoms with van der Waals surface area (Å²) in [6.07, 6.45) is 4.27. The van der Waals surface area contributed by atoms with Crippen LogP contribution in [0.4, 0.5) is 0 Å². The Kier molecular flexibility index (Phi) is 4.68. The van der Waals surface area contributed by atoms with Crippen molar-refractivity contribution in [2.75, 3.05) is 13.7 Å². The van der Waals surface area contributed by atoms with Gasteiger partial charge in [-0.05, 0) is 12.5 Å². The molecule has 0 aliphatic rings. The average Bonchev–Trinajstić information content (AvgIpc) is 3.19. The number of methoxy groups -OCH3 is 1. The van der Waals surface area contributed by atoms with Gasteiger partial charge in [0, 0.05) is 37.4 Å². The van der Waals surface area contributed by atoms with Crippen molar-refractivity contribution in [1.82, 2.24) is 25.1 Å². The topological polar surface area (TPSA) is 84.8 Å². The van der Waals surface area contributed by atoms with Crippen molar-refractivity contribution >= 4 is 16.8 Å². The predicted octanol–water partition coefficient (Wildman–Crippen LogP) is 1.73. The number of aryl methyl sites for hydroxylation is 1. The van der Waals surface area contributed by atoms with Gasteiger partial charge in [0.2, 0.25) is 0 Å². The van der Waals surface area contributed by atoms with E-state index in [0.717, 1.165) is 29.7 Å². The molecule has 0 saturated heterocycles. The highest BCUT2D eigenvalue weighted by atomic mass is 16.5. The van der Waals surface area contributed by atoms with E-state index < -0.39 is 0 Å². The Bertz CT molecular complexity index is 792. The highest BCUT2D eigenvalue weighted by Crippen LogP contribution is 2.17. The van der Waals surface area contributed by atoms with Gasteiger partial charge < -0.3 is 19.6 Å². The maximum Gasteiger partial charge on any atom is 0.253 e. The van der Waals surface area contributed by atoms with Gasteiger partial charge in [-0.3, -0.25) is 4.79 Å². The van der Waals surface area contributed by atoms with E-state index in [1.807, 2.05) is 28.8 Å². The molecule has 2 heterocycles. The Morgan fingerprint density at radius 3 is 3.13 bits per heavy atom. The molecule has 0 spiro atoms. The van der Waals surface area contributed by atoms with E-state index in [1.54, 1.807) is 19.6 Å². The Balaban J connectivity index is 1.64. The van der Waals surface area contributed by atoms with Crippen LogP contribution >= 0.6 is 0 Å². The number of fused-ring (bicyclic) bond motifs is 1. The summed E-state index contributed by atoms with van der Waals surface area (Å²) in [7, 11) is 1.68. The lowest BCUT2D eigenvalue weighted by Gasteiger charge is -2.07. The van der Waals surface area contributed by atoms with Crippen LogP contribution in [-0.4, -0.2) is 39.4 Å². The van der Waals surface area contributed by atoms with Crippen molar-refractivity contribution in [3.63, 3.8) is 0 Å².